The van der Waals surface area contributed by atoms with E-state index in [1.54, 1.807) is 33.5 Å². The first-order valence-corrected chi connectivity index (χ1v) is 9.20. The van der Waals surface area contributed by atoms with Gasteiger partial charge in [0.15, 0.2) is 11.5 Å². The maximum atomic E-state index is 14.5. The van der Waals surface area contributed by atoms with E-state index in [2.05, 4.69) is 10.2 Å². The number of hydrogen-bond donors (Lipinski definition) is 1. The van der Waals surface area contributed by atoms with Crippen LogP contribution in [0.15, 0.2) is 30.3 Å². The summed E-state index contributed by atoms with van der Waals surface area (Å²) in [5.74, 6) is 1.78. The first kappa shape index (κ1) is 19.3. The van der Waals surface area contributed by atoms with Gasteiger partial charge in [-0.15, -0.1) is 0 Å². The Kier molecular flexibility index (Phi) is 6.40. The standard InChI is InChI=1S/C21H27FN2O3/c1-25-19-12-21(27-3)20(26-2)11-15(19)13-23-14-16-17(22)7-6-8-18(16)24-9-4-5-10-24/h6-8,11-12,23H,4-5,9-10,13-14H2,1-3H3. The van der Waals surface area contributed by atoms with E-state index in [0.29, 0.717) is 35.9 Å². The van der Waals surface area contributed by atoms with Crippen molar-refractivity contribution in [1.29, 1.82) is 0 Å². The number of methoxy groups -OCH3 is 3. The first-order valence-electron chi connectivity index (χ1n) is 9.20. The largest absolute Gasteiger partial charge is 0.496 e. The molecule has 1 aliphatic rings. The Hall–Kier alpha value is -2.47. The Balaban J connectivity index is 1.75. The van der Waals surface area contributed by atoms with E-state index in [9.17, 15) is 4.39 Å². The predicted octanol–water partition coefficient (Wildman–Crippen LogP) is 3.74. The molecule has 0 unspecified atom stereocenters. The molecule has 1 aliphatic heterocycles. The second-order valence-corrected chi connectivity index (χ2v) is 6.55. The van der Waals surface area contributed by atoms with Gasteiger partial charge in [-0.1, -0.05) is 6.07 Å². The Morgan fingerprint density at radius 3 is 2.26 bits per heavy atom. The zero-order valence-electron chi connectivity index (χ0n) is 16.2. The molecule has 0 radical (unpaired) electrons. The highest BCUT2D eigenvalue weighted by Crippen LogP contribution is 2.34. The van der Waals surface area contributed by atoms with Crippen LogP contribution in [0, 0.1) is 5.82 Å². The van der Waals surface area contributed by atoms with Gasteiger partial charge in [0.2, 0.25) is 0 Å². The van der Waals surface area contributed by atoms with Crippen LogP contribution in [0.1, 0.15) is 24.0 Å². The van der Waals surface area contributed by atoms with E-state index >= 15 is 0 Å². The van der Waals surface area contributed by atoms with E-state index in [1.807, 2.05) is 12.1 Å². The molecule has 27 heavy (non-hydrogen) atoms. The molecular formula is C21H27FN2O3. The summed E-state index contributed by atoms with van der Waals surface area (Å²) in [6, 6.07) is 8.99. The number of nitrogens with zero attached hydrogens (tertiary/aromatic N) is 1. The van der Waals surface area contributed by atoms with Gasteiger partial charge in [-0.3, -0.25) is 0 Å². The van der Waals surface area contributed by atoms with E-state index in [-0.39, 0.29) is 5.82 Å². The van der Waals surface area contributed by atoms with Crippen LogP contribution in [-0.2, 0) is 13.1 Å². The minimum Gasteiger partial charge on any atom is -0.496 e. The van der Waals surface area contributed by atoms with Gasteiger partial charge in [0.25, 0.3) is 0 Å². The van der Waals surface area contributed by atoms with Crippen molar-refractivity contribution in [2.24, 2.45) is 0 Å². The van der Waals surface area contributed by atoms with Crippen LogP contribution in [0.2, 0.25) is 0 Å². The van der Waals surface area contributed by atoms with Gasteiger partial charge in [-0.05, 0) is 31.0 Å². The maximum Gasteiger partial charge on any atom is 0.164 e. The molecule has 2 aromatic rings. The third-order valence-electron chi connectivity index (χ3n) is 4.94. The summed E-state index contributed by atoms with van der Waals surface area (Å²) in [6.45, 7) is 2.94. The first-order chi connectivity index (χ1) is 13.2. The summed E-state index contributed by atoms with van der Waals surface area (Å²) in [6.07, 6.45) is 2.32. The number of ether oxygens (including phenoxy) is 3. The van der Waals surface area contributed by atoms with Crippen LogP contribution in [0.4, 0.5) is 10.1 Å². The SMILES string of the molecule is COc1cc(OC)c(OC)cc1CNCc1c(F)cccc1N1CCCC1. The molecule has 0 bridgehead atoms. The van der Waals surface area contributed by atoms with E-state index in [4.69, 9.17) is 14.2 Å². The van der Waals surface area contributed by atoms with Gasteiger partial charge in [-0.25, -0.2) is 4.39 Å². The maximum absolute atomic E-state index is 14.5. The number of hydrogen-bond acceptors (Lipinski definition) is 5. The van der Waals surface area contributed by atoms with Crippen molar-refractivity contribution in [3.05, 3.63) is 47.3 Å². The Bertz CT molecular complexity index is 776. The number of halogens is 1. The lowest BCUT2D eigenvalue weighted by Gasteiger charge is -2.22. The van der Waals surface area contributed by atoms with Crippen LogP contribution in [0.25, 0.3) is 0 Å². The topological polar surface area (TPSA) is 43.0 Å². The Morgan fingerprint density at radius 1 is 0.926 bits per heavy atom. The molecule has 0 aromatic heterocycles. The van der Waals surface area contributed by atoms with Crippen molar-refractivity contribution in [3.8, 4) is 17.2 Å². The molecule has 146 valence electrons. The zero-order valence-corrected chi connectivity index (χ0v) is 16.2. The van der Waals surface area contributed by atoms with Gasteiger partial charge < -0.3 is 24.4 Å². The average molecular weight is 374 g/mol. The van der Waals surface area contributed by atoms with E-state index < -0.39 is 0 Å². The van der Waals surface area contributed by atoms with Crippen LogP contribution in [-0.4, -0.2) is 34.4 Å². The quantitative estimate of drug-likeness (QED) is 0.762. The fourth-order valence-electron chi connectivity index (χ4n) is 3.53. The molecule has 3 rings (SSSR count). The van der Waals surface area contributed by atoms with Crippen LogP contribution >= 0.6 is 0 Å². The molecule has 1 N–H and O–H groups in total. The van der Waals surface area contributed by atoms with Crippen molar-refractivity contribution < 1.29 is 18.6 Å². The Labute approximate surface area is 160 Å². The molecule has 0 atom stereocenters. The fraction of sp³-hybridized carbons (Fsp3) is 0.429. The second-order valence-electron chi connectivity index (χ2n) is 6.55. The van der Waals surface area contributed by atoms with Crippen LogP contribution in [0.3, 0.4) is 0 Å². The van der Waals surface area contributed by atoms with Gasteiger partial charge in [-0.2, -0.15) is 0 Å². The lowest BCUT2D eigenvalue weighted by Crippen LogP contribution is -2.22. The van der Waals surface area contributed by atoms with Gasteiger partial charge in [0.05, 0.1) is 21.3 Å². The number of rotatable bonds is 8. The molecule has 1 saturated heterocycles. The monoisotopic (exact) mass is 374 g/mol. The number of nitrogens with one attached hydrogen (secondary N) is 1. The molecule has 5 nitrogen and oxygen atoms in total. The summed E-state index contributed by atoms with van der Waals surface area (Å²) in [4.78, 5) is 2.26. The van der Waals surface area contributed by atoms with Gasteiger partial charge in [0.1, 0.15) is 11.6 Å². The normalized spacial score (nSPS) is 13.7. The van der Waals surface area contributed by atoms with Gasteiger partial charge >= 0.3 is 0 Å². The zero-order chi connectivity index (χ0) is 19.2. The molecule has 1 heterocycles. The third kappa shape index (κ3) is 4.27. The van der Waals surface area contributed by atoms with Crippen molar-refractivity contribution >= 4 is 5.69 Å². The molecular weight excluding hydrogens is 347 g/mol. The Morgan fingerprint density at radius 2 is 1.59 bits per heavy atom. The average Bonchev–Trinajstić information content (AvgIpc) is 3.23. The molecule has 0 saturated carbocycles. The fourth-order valence-corrected chi connectivity index (χ4v) is 3.53. The van der Waals surface area contributed by atoms with Crippen LogP contribution < -0.4 is 24.4 Å². The highest BCUT2D eigenvalue weighted by molar-refractivity contribution is 5.55. The van der Waals surface area contributed by atoms with Crippen LogP contribution in [0.5, 0.6) is 17.2 Å². The molecule has 0 amide bonds. The lowest BCUT2D eigenvalue weighted by atomic mass is 10.1. The third-order valence-corrected chi connectivity index (χ3v) is 4.94. The molecule has 2 aromatic carbocycles. The molecule has 1 fully saturated rings. The summed E-state index contributed by atoms with van der Waals surface area (Å²) in [5, 5.41) is 3.34. The highest BCUT2D eigenvalue weighted by Gasteiger charge is 2.18. The summed E-state index contributed by atoms with van der Waals surface area (Å²) in [5.41, 5.74) is 2.62. The minimum atomic E-state index is -0.175. The summed E-state index contributed by atoms with van der Waals surface area (Å²) in [7, 11) is 4.81. The lowest BCUT2D eigenvalue weighted by molar-refractivity contribution is 0.347. The number of benzene rings is 2. The summed E-state index contributed by atoms with van der Waals surface area (Å²) >= 11 is 0. The molecule has 6 heteroatoms. The predicted molar refractivity (Wildman–Crippen MR) is 104 cm³/mol. The van der Waals surface area contributed by atoms with E-state index in [1.165, 1.54) is 6.07 Å². The summed E-state index contributed by atoms with van der Waals surface area (Å²) < 4.78 is 30.6. The van der Waals surface area contributed by atoms with Crippen molar-refractivity contribution in [1.82, 2.24) is 5.32 Å². The molecule has 0 spiro atoms. The second kappa shape index (κ2) is 8.95. The minimum absolute atomic E-state index is 0.175. The van der Waals surface area contributed by atoms with Crippen molar-refractivity contribution in [2.45, 2.75) is 25.9 Å². The number of anilines is 1. The van der Waals surface area contributed by atoms with Crippen molar-refractivity contribution in [2.75, 3.05) is 39.3 Å². The molecule has 0 aliphatic carbocycles. The van der Waals surface area contributed by atoms with Gasteiger partial charge in [0, 0.05) is 49.1 Å². The van der Waals surface area contributed by atoms with E-state index in [0.717, 1.165) is 37.2 Å². The highest BCUT2D eigenvalue weighted by atomic mass is 19.1. The van der Waals surface area contributed by atoms with Crippen molar-refractivity contribution in [3.63, 3.8) is 0 Å². The smallest absolute Gasteiger partial charge is 0.164 e.